The van der Waals surface area contributed by atoms with Gasteiger partial charge >= 0.3 is 0 Å². The zero-order valence-electron chi connectivity index (χ0n) is 13.9. The van der Waals surface area contributed by atoms with Crippen LogP contribution >= 0.6 is 15.9 Å². The highest BCUT2D eigenvalue weighted by atomic mass is 79.9. The summed E-state index contributed by atoms with van der Waals surface area (Å²) in [5.74, 6) is 0.683. The Morgan fingerprint density at radius 2 is 1.81 bits per heavy atom. The zero-order chi connectivity index (χ0) is 17.8. The highest BCUT2D eigenvalue weighted by Gasteiger charge is 2.10. The minimum Gasteiger partial charge on any atom is -0.380 e. The lowest BCUT2D eigenvalue weighted by atomic mass is 10.1. The normalized spacial score (nSPS) is 10.7. The molecule has 5 nitrogen and oxygen atoms in total. The van der Waals surface area contributed by atoms with Gasteiger partial charge in [0.25, 0.3) is 0 Å². The van der Waals surface area contributed by atoms with Gasteiger partial charge in [-0.25, -0.2) is 9.67 Å². The number of nitrogens with one attached hydrogen (secondary N) is 1. The molecule has 0 amide bonds. The van der Waals surface area contributed by atoms with Crippen LogP contribution in [0.2, 0.25) is 0 Å². The van der Waals surface area contributed by atoms with Crippen molar-refractivity contribution in [3.63, 3.8) is 0 Å². The number of pyridine rings is 1. The van der Waals surface area contributed by atoms with Crippen LogP contribution in [0, 0.1) is 0 Å². The van der Waals surface area contributed by atoms with E-state index in [1.165, 1.54) is 5.56 Å². The number of nitrogens with zero attached hydrogens (tertiary/aromatic N) is 4. The first-order valence-corrected chi connectivity index (χ1v) is 8.99. The Morgan fingerprint density at radius 1 is 0.962 bits per heavy atom. The van der Waals surface area contributed by atoms with Crippen molar-refractivity contribution in [3.8, 4) is 17.1 Å². The van der Waals surface area contributed by atoms with E-state index >= 15 is 0 Å². The van der Waals surface area contributed by atoms with Gasteiger partial charge in [-0.1, -0.05) is 34.1 Å². The van der Waals surface area contributed by atoms with Crippen LogP contribution in [0.3, 0.4) is 0 Å². The van der Waals surface area contributed by atoms with Crippen LogP contribution in [0.25, 0.3) is 17.1 Å². The molecule has 0 fully saturated rings. The predicted molar refractivity (Wildman–Crippen MR) is 106 cm³/mol. The van der Waals surface area contributed by atoms with E-state index in [2.05, 4.69) is 36.3 Å². The smallest absolute Gasteiger partial charge is 0.183 e. The van der Waals surface area contributed by atoms with Crippen molar-refractivity contribution < 1.29 is 0 Å². The Balaban J connectivity index is 1.60. The molecule has 2 aromatic carbocycles. The number of aromatic nitrogens is 4. The quantitative estimate of drug-likeness (QED) is 0.522. The fraction of sp³-hybridized carbons (Fsp3) is 0.0500. The molecule has 0 aliphatic rings. The SMILES string of the molecule is Brc1cccc(-n2cnc(-c3ccccc3NCc3ccncc3)n2)c1. The van der Waals surface area contributed by atoms with Gasteiger partial charge in [-0.2, -0.15) is 0 Å². The molecule has 1 N–H and O–H groups in total. The van der Waals surface area contributed by atoms with Gasteiger partial charge in [0.1, 0.15) is 6.33 Å². The third kappa shape index (κ3) is 3.65. The molecule has 128 valence electrons. The summed E-state index contributed by atoms with van der Waals surface area (Å²) in [6.45, 7) is 0.714. The number of anilines is 1. The second-order valence-corrected chi connectivity index (χ2v) is 6.66. The van der Waals surface area contributed by atoms with Crippen LogP contribution in [0.1, 0.15) is 5.56 Å². The molecule has 0 saturated carbocycles. The number of hydrogen-bond donors (Lipinski definition) is 1. The summed E-state index contributed by atoms with van der Waals surface area (Å²) < 4.78 is 2.78. The maximum atomic E-state index is 4.64. The maximum Gasteiger partial charge on any atom is 0.183 e. The Labute approximate surface area is 159 Å². The molecule has 0 spiro atoms. The van der Waals surface area contributed by atoms with Gasteiger partial charge in [-0.15, -0.1) is 5.10 Å². The van der Waals surface area contributed by atoms with E-state index in [0.717, 1.165) is 21.4 Å². The lowest BCUT2D eigenvalue weighted by Crippen LogP contribution is -2.01. The minimum absolute atomic E-state index is 0.683. The summed E-state index contributed by atoms with van der Waals surface area (Å²) in [6.07, 6.45) is 5.32. The molecule has 26 heavy (non-hydrogen) atoms. The average Bonchev–Trinajstić information content (AvgIpc) is 3.17. The Hall–Kier alpha value is -2.99. The van der Waals surface area contributed by atoms with Crippen molar-refractivity contribution in [2.45, 2.75) is 6.54 Å². The van der Waals surface area contributed by atoms with Gasteiger partial charge in [0, 0.05) is 34.7 Å². The molecule has 6 heteroatoms. The molecule has 0 aliphatic heterocycles. The van der Waals surface area contributed by atoms with Gasteiger partial charge < -0.3 is 5.32 Å². The molecule has 2 aromatic heterocycles. The van der Waals surface area contributed by atoms with E-state index in [9.17, 15) is 0 Å². The standard InChI is InChI=1S/C20H16BrN5/c21-16-4-3-5-17(12-16)26-14-24-20(25-26)18-6-1-2-7-19(18)23-13-15-8-10-22-11-9-15/h1-12,14,23H,13H2. The van der Waals surface area contributed by atoms with E-state index in [4.69, 9.17) is 0 Å². The Morgan fingerprint density at radius 3 is 2.65 bits per heavy atom. The van der Waals surface area contributed by atoms with Crippen LogP contribution < -0.4 is 5.32 Å². The molecule has 0 atom stereocenters. The number of rotatable bonds is 5. The van der Waals surface area contributed by atoms with Gasteiger partial charge in [-0.3, -0.25) is 4.98 Å². The summed E-state index contributed by atoms with van der Waals surface area (Å²) in [4.78, 5) is 8.54. The summed E-state index contributed by atoms with van der Waals surface area (Å²) in [7, 11) is 0. The van der Waals surface area contributed by atoms with Crippen LogP contribution in [0.4, 0.5) is 5.69 Å². The first-order valence-electron chi connectivity index (χ1n) is 8.19. The summed E-state index contributed by atoms with van der Waals surface area (Å²) in [5, 5.41) is 8.10. The van der Waals surface area contributed by atoms with E-state index in [1.54, 1.807) is 23.4 Å². The van der Waals surface area contributed by atoms with Gasteiger partial charge in [0.15, 0.2) is 5.82 Å². The Bertz CT molecular complexity index is 1010. The zero-order valence-corrected chi connectivity index (χ0v) is 15.5. The summed E-state index contributed by atoms with van der Waals surface area (Å²) in [6, 6.07) is 20.0. The van der Waals surface area contributed by atoms with E-state index in [-0.39, 0.29) is 0 Å². The monoisotopic (exact) mass is 405 g/mol. The van der Waals surface area contributed by atoms with Crippen LogP contribution in [-0.4, -0.2) is 19.7 Å². The van der Waals surface area contributed by atoms with Gasteiger partial charge in [0.2, 0.25) is 0 Å². The van der Waals surface area contributed by atoms with Crippen molar-refractivity contribution in [3.05, 3.63) is 89.4 Å². The molecule has 0 unspecified atom stereocenters. The lowest BCUT2D eigenvalue weighted by Gasteiger charge is -2.10. The first kappa shape index (κ1) is 16.5. The largest absolute Gasteiger partial charge is 0.380 e. The van der Waals surface area contributed by atoms with Crippen LogP contribution in [0.15, 0.2) is 83.9 Å². The molecule has 0 radical (unpaired) electrons. The molecule has 0 aliphatic carbocycles. The molecular formula is C20H16BrN5. The van der Waals surface area contributed by atoms with Crippen molar-refractivity contribution >= 4 is 21.6 Å². The second-order valence-electron chi connectivity index (χ2n) is 5.75. The molecule has 0 bridgehead atoms. The lowest BCUT2D eigenvalue weighted by molar-refractivity contribution is 0.881. The fourth-order valence-corrected chi connectivity index (χ4v) is 3.05. The van der Waals surface area contributed by atoms with Crippen LogP contribution in [-0.2, 0) is 6.54 Å². The number of benzene rings is 2. The van der Waals surface area contributed by atoms with E-state index in [1.807, 2.05) is 60.7 Å². The molecule has 4 aromatic rings. The number of hydrogen-bond acceptors (Lipinski definition) is 4. The average molecular weight is 406 g/mol. The summed E-state index contributed by atoms with van der Waals surface area (Å²) >= 11 is 3.49. The van der Waals surface area contributed by atoms with Gasteiger partial charge in [0.05, 0.1) is 5.69 Å². The number of para-hydroxylation sites is 1. The van der Waals surface area contributed by atoms with Crippen molar-refractivity contribution in [2.24, 2.45) is 0 Å². The predicted octanol–water partition coefficient (Wildman–Crippen LogP) is 4.70. The van der Waals surface area contributed by atoms with E-state index in [0.29, 0.717) is 12.4 Å². The van der Waals surface area contributed by atoms with Crippen molar-refractivity contribution in [2.75, 3.05) is 5.32 Å². The highest BCUT2D eigenvalue weighted by Crippen LogP contribution is 2.26. The Kier molecular flexibility index (Phi) is 4.75. The molecule has 4 rings (SSSR count). The minimum atomic E-state index is 0.683. The molecular weight excluding hydrogens is 390 g/mol. The van der Waals surface area contributed by atoms with E-state index < -0.39 is 0 Å². The topological polar surface area (TPSA) is 55.6 Å². The molecule has 0 saturated heterocycles. The second kappa shape index (κ2) is 7.49. The van der Waals surface area contributed by atoms with Crippen LogP contribution in [0.5, 0.6) is 0 Å². The first-order chi connectivity index (χ1) is 12.8. The van der Waals surface area contributed by atoms with Gasteiger partial charge in [-0.05, 0) is 48.0 Å². The molecule has 2 heterocycles. The van der Waals surface area contributed by atoms with Crippen molar-refractivity contribution in [1.82, 2.24) is 19.7 Å². The summed E-state index contributed by atoms with van der Waals surface area (Å²) in [5.41, 5.74) is 4.09. The van der Waals surface area contributed by atoms with Crippen molar-refractivity contribution in [1.29, 1.82) is 0 Å². The third-order valence-corrected chi connectivity index (χ3v) is 4.46. The maximum absolute atomic E-state index is 4.64. The number of halogens is 1. The third-order valence-electron chi connectivity index (χ3n) is 3.96. The highest BCUT2D eigenvalue weighted by molar-refractivity contribution is 9.10. The fourth-order valence-electron chi connectivity index (χ4n) is 2.66.